The summed E-state index contributed by atoms with van der Waals surface area (Å²) in [6, 6.07) is 9.96. The van der Waals surface area contributed by atoms with E-state index in [4.69, 9.17) is 8.83 Å². The zero-order chi connectivity index (χ0) is 22.4. The maximum absolute atomic E-state index is 10.9. The maximum atomic E-state index is 10.9. The molecule has 8 heteroatoms. The normalized spacial score (nSPS) is 13.4. The van der Waals surface area contributed by atoms with Crippen LogP contribution >= 0.6 is 24.0 Å². The van der Waals surface area contributed by atoms with E-state index in [2.05, 4.69) is 27.5 Å². The Morgan fingerprint density at radius 1 is 1.16 bits per heavy atom. The molecule has 0 saturated heterocycles. The quantitative estimate of drug-likeness (QED) is 0.217. The summed E-state index contributed by atoms with van der Waals surface area (Å²) >= 11 is 0. The van der Waals surface area contributed by atoms with Gasteiger partial charge in [-0.25, -0.2) is 9.98 Å². The largest absolute Gasteiger partial charge is 0.466 e. The third-order valence-corrected chi connectivity index (χ3v) is 5.03. The van der Waals surface area contributed by atoms with Gasteiger partial charge in [0.2, 0.25) is 5.89 Å². The van der Waals surface area contributed by atoms with Crippen molar-refractivity contribution < 1.29 is 13.9 Å². The van der Waals surface area contributed by atoms with Gasteiger partial charge in [-0.3, -0.25) is 0 Å². The second-order valence-corrected chi connectivity index (χ2v) is 7.98. The van der Waals surface area contributed by atoms with Gasteiger partial charge in [-0.15, -0.1) is 24.0 Å². The van der Waals surface area contributed by atoms with Gasteiger partial charge in [0.15, 0.2) is 5.96 Å². The number of hydrogen-bond acceptors (Lipinski definition) is 5. The molecule has 3 aromatic rings. The molecule has 1 atom stereocenters. The van der Waals surface area contributed by atoms with E-state index < -0.39 is 5.60 Å². The van der Waals surface area contributed by atoms with Crippen molar-refractivity contribution in [3.8, 4) is 11.5 Å². The van der Waals surface area contributed by atoms with Crippen molar-refractivity contribution in [3.63, 3.8) is 0 Å². The highest BCUT2D eigenvalue weighted by molar-refractivity contribution is 14.0. The Bertz CT molecular complexity index is 1020. The van der Waals surface area contributed by atoms with Crippen LogP contribution in [0.25, 0.3) is 11.5 Å². The number of nitrogens with zero attached hydrogens (tertiary/aromatic N) is 2. The minimum absolute atomic E-state index is 0. The zero-order valence-electron chi connectivity index (χ0n) is 19.4. The Morgan fingerprint density at radius 2 is 1.88 bits per heavy atom. The highest BCUT2D eigenvalue weighted by atomic mass is 127. The summed E-state index contributed by atoms with van der Waals surface area (Å²) in [4.78, 5) is 9.14. The fourth-order valence-corrected chi connectivity index (χ4v) is 3.38. The van der Waals surface area contributed by atoms with Crippen molar-refractivity contribution in [2.75, 3.05) is 19.6 Å². The van der Waals surface area contributed by atoms with Gasteiger partial charge in [0.25, 0.3) is 0 Å². The summed E-state index contributed by atoms with van der Waals surface area (Å²) in [6.45, 7) is 11.1. The first-order valence-corrected chi connectivity index (χ1v) is 10.6. The van der Waals surface area contributed by atoms with E-state index in [0.29, 0.717) is 30.6 Å². The summed E-state index contributed by atoms with van der Waals surface area (Å²) in [5, 5.41) is 17.4. The SMILES string of the molecule is CCNC(=NCC(C)(O)c1cc(C)oc1C)NCCc1coc(-c2ccc(C)cc2)n1.I. The first-order chi connectivity index (χ1) is 14.8. The van der Waals surface area contributed by atoms with Crippen LogP contribution in [0.1, 0.15) is 42.2 Å². The maximum Gasteiger partial charge on any atom is 0.226 e. The number of guanidine groups is 1. The second-order valence-electron chi connectivity index (χ2n) is 7.98. The molecule has 1 unspecified atom stereocenters. The van der Waals surface area contributed by atoms with E-state index in [9.17, 15) is 5.11 Å². The van der Waals surface area contributed by atoms with Crippen LogP contribution in [0.2, 0.25) is 0 Å². The number of halogens is 1. The van der Waals surface area contributed by atoms with Crippen LogP contribution in [0.4, 0.5) is 0 Å². The fraction of sp³-hybridized carbons (Fsp3) is 0.417. The summed E-state index contributed by atoms with van der Waals surface area (Å²) < 4.78 is 11.2. The van der Waals surface area contributed by atoms with Crippen molar-refractivity contribution in [1.82, 2.24) is 15.6 Å². The lowest BCUT2D eigenvalue weighted by Crippen LogP contribution is -2.39. The van der Waals surface area contributed by atoms with Gasteiger partial charge in [0.05, 0.1) is 12.2 Å². The second kappa shape index (κ2) is 11.5. The van der Waals surface area contributed by atoms with Crippen molar-refractivity contribution >= 4 is 29.9 Å². The molecule has 0 fully saturated rings. The van der Waals surface area contributed by atoms with Gasteiger partial charge in [-0.2, -0.15) is 0 Å². The van der Waals surface area contributed by atoms with Crippen LogP contribution in [0.15, 0.2) is 50.4 Å². The van der Waals surface area contributed by atoms with Gasteiger partial charge < -0.3 is 24.6 Å². The van der Waals surface area contributed by atoms with E-state index >= 15 is 0 Å². The topological polar surface area (TPSA) is 95.8 Å². The van der Waals surface area contributed by atoms with Crippen LogP contribution in [0.5, 0.6) is 0 Å². The summed E-state index contributed by atoms with van der Waals surface area (Å²) in [5.74, 6) is 2.76. The Balaban J connectivity index is 0.00000363. The molecular formula is C24H33IN4O3. The minimum atomic E-state index is -1.11. The Labute approximate surface area is 206 Å². The van der Waals surface area contributed by atoms with Crippen LogP contribution in [-0.2, 0) is 12.0 Å². The fourth-order valence-electron chi connectivity index (χ4n) is 3.38. The minimum Gasteiger partial charge on any atom is -0.466 e. The Hall–Kier alpha value is -2.33. The number of aromatic nitrogens is 1. The standard InChI is InChI=1S/C24H32N4O3.HI/c1-6-25-23(27-15-24(5,29)21-13-17(3)31-18(21)4)26-12-11-20-14-30-22(28-20)19-9-7-16(2)8-10-19;/h7-10,13-14,29H,6,11-12,15H2,1-5H3,(H2,25,26,27);1H. The molecule has 2 aromatic heterocycles. The number of hydrogen-bond donors (Lipinski definition) is 3. The number of aryl methyl sites for hydroxylation is 3. The van der Waals surface area contributed by atoms with Crippen molar-refractivity contribution in [3.05, 3.63) is 64.9 Å². The average Bonchev–Trinajstić information content (AvgIpc) is 3.33. The number of benzene rings is 1. The van der Waals surface area contributed by atoms with Crippen molar-refractivity contribution in [1.29, 1.82) is 0 Å². The number of rotatable bonds is 8. The van der Waals surface area contributed by atoms with Gasteiger partial charge in [0.1, 0.15) is 23.4 Å². The molecule has 0 saturated carbocycles. The molecule has 3 N–H and O–H groups in total. The molecule has 174 valence electrons. The number of nitrogens with one attached hydrogen (secondary N) is 2. The van der Waals surface area contributed by atoms with Crippen molar-refractivity contribution in [2.45, 2.75) is 46.6 Å². The predicted molar refractivity (Wildman–Crippen MR) is 138 cm³/mol. The predicted octanol–water partition coefficient (Wildman–Crippen LogP) is 4.48. The molecule has 1 aromatic carbocycles. The smallest absolute Gasteiger partial charge is 0.226 e. The molecule has 0 spiro atoms. The van der Waals surface area contributed by atoms with Crippen molar-refractivity contribution in [2.24, 2.45) is 4.99 Å². The van der Waals surface area contributed by atoms with Crippen LogP contribution < -0.4 is 10.6 Å². The zero-order valence-corrected chi connectivity index (χ0v) is 21.7. The first-order valence-electron chi connectivity index (χ1n) is 10.6. The first kappa shape index (κ1) is 25.9. The molecule has 0 aliphatic rings. The lowest BCUT2D eigenvalue weighted by molar-refractivity contribution is 0.0657. The molecule has 2 heterocycles. The highest BCUT2D eigenvalue weighted by Crippen LogP contribution is 2.27. The van der Waals surface area contributed by atoms with Gasteiger partial charge in [-0.1, -0.05) is 17.7 Å². The number of oxazole rings is 1. The van der Waals surface area contributed by atoms with Crippen LogP contribution in [-0.4, -0.2) is 35.7 Å². The third kappa shape index (κ3) is 6.83. The van der Waals surface area contributed by atoms with Gasteiger partial charge in [-0.05, 0) is 52.8 Å². The van der Waals surface area contributed by atoms with Gasteiger partial charge >= 0.3 is 0 Å². The molecule has 0 aliphatic heterocycles. The van der Waals surface area contributed by atoms with E-state index in [0.717, 1.165) is 29.1 Å². The van der Waals surface area contributed by atoms with E-state index in [1.807, 2.05) is 51.1 Å². The average molecular weight is 552 g/mol. The van der Waals surface area contributed by atoms with E-state index in [1.165, 1.54) is 5.56 Å². The summed E-state index contributed by atoms with van der Waals surface area (Å²) in [7, 11) is 0. The Kier molecular flexibility index (Phi) is 9.33. The number of aliphatic imine (C=N–C) groups is 1. The third-order valence-electron chi connectivity index (χ3n) is 5.03. The highest BCUT2D eigenvalue weighted by Gasteiger charge is 2.27. The van der Waals surface area contributed by atoms with Gasteiger partial charge in [0, 0.05) is 30.6 Å². The summed E-state index contributed by atoms with van der Waals surface area (Å²) in [5.41, 5.74) is 2.68. The monoisotopic (exact) mass is 552 g/mol. The molecule has 0 amide bonds. The molecule has 0 bridgehead atoms. The lowest BCUT2D eigenvalue weighted by atomic mass is 9.96. The lowest BCUT2D eigenvalue weighted by Gasteiger charge is -2.21. The summed E-state index contributed by atoms with van der Waals surface area (Å²) in [6.07, 6.45) is 2.38. The molecular weight excluding hydrogens is 519 g/mol. The molecule has 7 nitrogen and oxygen atoms in total. The Morgan fingerprint density at radius 3 is 2.50 bits per heavy atom. The van der Waals surface area contributed by atoms with Crippen LogP contribution in [0, 0.1) is 20.8 Å². The molecule has 0 radical (unpaired) electrons. The molecule has 0 aliphatic carbocycles. The van der Waals surface area contributed by atoms with E-state index in [-0.39, 0.29) is 30.5 Å². The molecule has 32 heavy (non-hydrogen) atoms. The molecule has 3 rings (SSSR count). The number of furan rings is 1. The van der Waals surface area contributed by atoms with Crippen LogP contribution in [0.3, 0.4) is 0 Å². The number of aliphatic hydroxyl groups is 1. The van der Waals surface area contributed by atoms with E-state index in [1.54, 1.807) is 13.2 Å².